The Morgan fingerprint density at radius 1 is 0.892 bits per heavy atom. The van der Waals surface area contributed by atoms with Gasteiger partial charge >= 0.3 is 5.69 Å². The van der Waals surface area contributed by atoms with Crippen molar-refractivity contribution in [2.75, 3.05) is 6.54 Å². The Bertz CT molecular complexity index is 1250. The average molecular weight is 509 g/mol. The van der Waals surface area contributed by atoms with Crippen molar-refractivity contribution in [1.82, 2.24) is 19.4 Å². The lowest BCUT2D eigenvalue weighted by atomic mass is 9.81. The maximum atomic E-state index is 13.6. The molecule has 2 amide bonds. The van der Waals surface area contributed by atoms with Crippen molar-refractivity contribution in [2.45, 2.75) is 103 Å². The number of benzene rings is 1. The van der Waals surface area contributed by atoms with Crippen LogP contribution >= 0.6 is 0 Å². The van der Waals surface area contributed by atoms with Gasteiger partial charge < -0.3 is 10.2 Å². The number of hydrogen-bond acceptors (Lipinski definition) is 4. The summed E-state index contributed by atoms with van der Waals surface area (Å²) in [7, 11) is 0. The number of nitrogens with one attached hydrogen (secondary N) is 1. The predicted octanol–water partition coefficient (Wildman–Crippen LogP) is 3.43. The van der Waals surface area contributed by atoms with Crippen molar-refractivity contribution in [3.63, 3.8) is 0 Å². The standard InChI is InChI=1S/C29H40N4O4/c1-20-8-6-7-17-31(20)26(34)19-32-25-12-5-4-11-24(25)28(36)33(29(32)37)18-21-13-15-22(16-14-21)27(35)30-23-9-2-3-10-23/h4-5,11-12,20-23H,2-3,6-10,13-19H2,1H3,(H,30,35). The fraction of sp³-hybridized carbons (Fsp3) is 0.655. The third-order valence-electron chi connectivity index (χ3n) is 8.91. The molecule has 0 spiro atoms. The first-order valence-electron chi connectivity index (χ1n) is 14.2. The van der Waals surface area contributed by atoms with Crippen LogP contribution in [0.2, 0.25) is 0 Å². The zero-order chi connectivity index (χ0) is 25.9. The minimum absolute atomic E-state index is 0.0194. The summed E-state index contributed by atoms with van der Waals surface area (Å²) in [5.41, 5.74) is -0.196. The summed E-state index contributed by atoms with van der Waals surface area (Å²) in [4.78, 5) is 54.8. The Morgan fingerprint density at radius 3 is 2.32 bits per heavy atom. The molecule has 2 heterocycles. The van der Waals surface area contributed by atoms with Crippen LogP contribution in [0.1, 0.15) is 77.6 Å². The van der Waals surface area contributed by atoms with Crippen LogP contribution < -0.4 is 16.6 Å². The van der Waals surface area contributed by atoms with E-state index in [0.29, 0.717) is 30.0 Å². The Hall–Kier alpha value is -2.90. The Kier molecular flexibility index (Phi) is 7.81. The summed E-state index contributed by atoms with van der Waals surface area (Å²) >= 11 is 0. The van der Waals surface area contributed by atoms with Crippen LogP contribution in [0.15, 0.2) is 33.9 Å². The second kappa shape index (κ2) is 11.2. The van der Waals surface area contributed by atoms with Gasteiger partial charge in [0.25, 0.3) is 5.56 Å². The quantitative estimate of drug-likeness (QED) is 0.647. The minimum Gasteiger partial charge on any atom is -0.353 e. The van der Waals surface area contributed by atoms with Crippen LogP contribution in [-0.2, 0) is 22.7 Å². The van der Waals surface area contributed by atoms with E-state index in [2.05, 4.69) is 12.2 Å². The van der Waals surface area contributed by atoms with E-state index in [4.69, 9.17) is 0 Å². The maximum Gasteiger partial charge on any atom is 0.331 e. The topological polar surface area (TPSA) is 93.4 Å². The molecule has 1 unspecified atom stereocenters. The molecule has 37 heavy (non-hydrogen) atoms. The molecule has 1 atom stereocenters. The molecule has 1 aliphatic heterocycles. The van der Waals surface area contributed by atoms with Gasteiger partial charge in [-0.25, -0.2) is 4.79 Å². The molecule has 0 radical (unpaired) electrons. The lowest BCUT2D eigenvalue weighted by Gasteiger charge is -2.33. The fourth-order valence-electron chi connectivity index (χ4n) is 6.63. The van der Waals surface area contributed by atoms with E-state index >= 15 is 0 Å². The van der Waals surface area contributed by atoms with Crippen LogP contribution in [0.25, 0.3) is 10.9 Å². The van der Waals surface area contributed by atoms with E-state index in [0.717, 1.165) is 57.8 Å². The van der Waals surface area contributed by atoms with E-state index in [-0.39, 0.29) is 41.8 Å². The molecule has 3 aliphatic rings. The van der Waals surface area contributed by atoms with Crippen molar-refractivity contribution >= 4 is 22.7 Å². The molecule has 2 saturated carbocycles. The van der Waals surface area contributed by atoms with Gasteiger partial charge in [-0.3, -0.25) is 23.5 Å². The Labute approximate surface area is 218 Å². The van der Waals surface area contributed by atoms with Gasteiger partial charge in [0, 0.05) is 31.1 Å². The van der Waals surface area contributed by atoms with Crippen LogP contribution in [-0.4, -0.2) is 44.5 Å². The minimum atomic E-state index is -0.414. The molecular formula is C29H40N4O4. The van der Waals surface area contributed by atoms with Crippen molar-refractivity contribution in [1.29, 1.82) is 0 Å². The largest absolute Gasteiger partial charge is 0.353 e. The third kappa shape index (κ3) is 5.53. The summed E-state index contributed by atoms with van der Waals surface area (Å²) in [5.74, 6) is 0.277. The van der Waals surface area contributed by atoms with Crippen LogP contribution in [0.5, 0.6) is 0 Å². The SMILES string of the molecule is CC1CCCCN1C(=O)Cn1c(=O)n(CC2CCC(C(=O)NC3CCCC3)CC2)c(=O)c2ccccc21. The van der Waals surface area contributed by atoms with E-state index < -0.39 is 5.69 Å². The number of amides is 2. The zero-order valence-electron chi connectivity index (χ0n) is 22.0. The number of piperidine rings is 1. The fourth-order valence-corrected chi connectivity index (χ4v) is 6.63. The zero-order valence-corrected chi connectivity index (χ0v) is 22.0. The molecule has 1 N–H and O–H groups in total. The monoisotopic (exact) mass is 508 g/mol. The van der Waals surface area contributed by atoms with Gasteiger partial charge in [0.2, 0.25) is 11.8 Å². The highest BCUT2D eigenvalue weighted by molar-refractivity contribution is 5.82. The molecule has 3 fully saturated rings. The van der Waals surface area contributed by atoms with Crippen LogP contribution in [0.3, 0.4) is 0 Å². The van der Waals surface area contributed by atoms with Gasteiger partial charge in [-0.05, 0) is 82.8 Å². The number of aromatic nitrogens is 2. The average Bonchev–Trinajstić information content (AvgIpc) is 3.42. The van der Waals surface area contributed by atoms with Crippen LogP contribution in [0, 0.1) is 11.8 Å². The number of carbonyl (C=O) groups is 2. The van der Waals surface area contributed by atoms with E-state index in [1.54, 1.807) is 24.3 Å². The van der Waals surface area contributed by atoms with E-state index in [9.17, 15) is 19.2 Å². The lowest BCUT2D eigenvalue weighted by Crippen LogP contribution is -2.47. The first-order valence-corrected chi connectivity index (χ1v) is 14.2. The summed E-state index contributed by atoms with van der Waals surface area (Å²) in [6, 6.07) is 7.58. The molecule has 2 aliphatic carbocycles. The van der Waals surface area contributed by atoms with E-state index in [1.165, 1.54) is 22.0 Å². The number of rotatable bonds is 6. The summed E-state index contributed by atoms with van der Waals surface area (Å²) < 4.78 is 2.82. The lowest BCUT2D eigenvalue weighted by molar-refractivity contribution is -0.135. The number of fused-ring (bicyclic) bond motifs is 1. The molecule has 1 aromatic heterocycles. The second-order valence-corrected chi connectivity index (χ2v) is 11.4. The molecule has 5 rings (SSSR count). The van der Waals surface area contributed by atoms with Gasteiger partial charge in [0.15, 0.2) is 0 Å². The van der Waals surface area contributed by atoms with Gasteiger partial charge in [-0.15, -0.1) is 0 Å². The normalized spacial score (nSPS) is 24.9. The highest BCUT2D eigenvalue weighted by Gasteiger charge is 2.30. The number of likely N-dealkylation sites (tertiary alicyclic amines) is 1. The maximum absolute atomic E-state index is 13.6. The highest BCUT2D eigenvalue weighted by atomic mass is 16.2. The molecule has 8 heteroatoms. The summed E-state index contributed by atoms with van der Waals surface area (Å²) in [6.07, 6.45) is 10.8. The first-order chi connectivity index (χ1) is 17.9. The van der Waals surface area contributed by atoms with Crippen molar-refractivity contribution in [3.8, 4) is 0 Å². The first kappa shape index (κ1) is 25.7. The third-order valence-corrected chi connectivity index (χ3v) is 8.91. The summed E-state index contributed by atoms with van der Waals surface area (Å²) in [6.45, 7) is 3.04. The number of para-hydroxylation sites is 1. The molecule has 1 saturated heterocycles. The summed E-state index contributed by atoms with van der Waals surface area (Å²) in [5, 5.41) is 3.69. The van der Waals surface area contributed by atoms with Crippen molar-refractivity contribution < 1.29 is 9.59 Å². The highest BCUT2D eigenvalue weighted by Crippen LogP contribution is 2.30. The van der Waals surface area contributed by atoms with Crippen molar-refractivity contribution in [3.05, 3.63) is 45.1 Å². The van der Waals surface area contributed by atoms with Gasteiger partial charge in [0.05, 0.1) is 10.9 Å². The van der Waals surface area contributed by atoms with Gasteiger partial charge in [-0.1, -0.05) is 25.0 Å². The Morgan fingerprint density at radius 2 is 1.59 bits per heavy atom. The number of carbonyl (C=O) groups excluding carboxylic acids is 2. The van der Waals surface area contributed by atoms with E-state index in [1.807, 2.05) is 4.90 Å². The number of hydrogen-bond donors (Lipinski definition) is 1. The Balaban J connectivity index is 1.33. The predicted molar refractivity (Wildman–Crippen MR) is 143 cm³/mol. The molecule has 200 valence electrons. The van der Waals surface area contributed by atoms with Crippen LogP contribution in [0.4, 0.5) is 0 Å². The smallest absolute Gasteiger partial charge is 0.331 e. The van der Waals surface area contributed by atoms with Gasteiger partial charge in [0.1, 0.15) is 6.54 Å². The van der Waals surface area contributed by atoms with Gasteiger partial charge in [-0.2, -0.15) is 0 Å². The molecule has 1 aromatic carbocycles. The molecule has 0 bridgehead atoms. The molecular weight excluding hydrogens is 468 g/mol. The number of nitrogens with zero attached hydrogens (tertiary/aromatic N) is 3. The second-order valence-electron chi connectivity index (χ2n) is 11.4. The molecule has 8 nitrogen and oxygen atoms in total. The molecule has 2 aromatic rings. The van der Waals surface area contributed by atoms with Crippen molar-refractivity contribution in [2.24, 2.45) is 11.8 Å².